The van der Waals surface area contributed by atoms with Crippen molar-refractivity contribution < 1.29 is 68.2 Å². The molecule has 0 aromatic heterocycles. The van der Waals surface area contributed by atoms with Gasteiger partial charge in [-0.3, -0.25) is 0 Å². The van der Waals surface area contributed by atoms with Crippen molar-refractivity contribution in [3.8, 4) is 0 Å². The van der Waals surface area contributed by atoms with Gasteiger partial charge in [-0.05, 0) is 0 Å². The third-order valence-electron chi connectivity index (χ3n) is 0.0417. The molecular weight excluding hydrogens is 366 g/mol. The first kappa shape index (κ1) is 16.8. The normalized spacial score (nSPS) is 2.14. The van der Waals surface area contributed by atoms with Gasteiger partial charge in [0.05, 0.1) is 0 Å². The van der Waals surface area contributed by atoms with Crippen LogP contribution in [0.4, 0.5) is 0 Å². The molecule has 0 aliphatic carbocycles. The fraction of sp³-hybridized carbons (Fsp3) is 0. The molecule has 0 fully saturated rings. The Kier molecular flexibility index (Phi) is 54.5. The first-order valence-electron chi connectivity index (χ1n) is 0.862. The van der Waals surface area contributed by atoms with E-state index in [2.05, 4.69) is 0 Å². The van der Waals surface area contributed by atoms with Crippen LogP contribution in [0.2, 0.25) is 0 Å². The fourth-order valence-corrected chi connectivity index (χ4v) is 0. The first-order valence-corrected chi connectivity index (χ1v) is 9.36. The van der Waals surface area contributed by atoms with E-state index in [1.54, 1.807) is 0 Å². The van der Waals surface area contributed by atoms with Crippen molar-refractivity contribution in [3.63, 3.8) is 0 Å². The predicted molar refractivity (Wildman–Crippen MR) is 10.6 cm³/mol. The molecule has 0 N–H and O–H groups in total. The van der Waals surface area contributed by atoms with Gasteiger partial charge < -0.3 is 0 Å². The number of hydrogen-bond donors (Lipinski definition) is 0. The zero-order chi connectivity index (χ0) is 5.41. The zero-order valence-corrected chi connectivity index (χ0v) is 9.20. The van der Waals surface area contributed by atoms with E-state index >= 15 is 0 Å². The summed E-state index contributed by atoms with van der Waals surface area (Å²) in [5.74, 6) is 0. The number of rotatable bonds is 1. The van der Waals surface area contributed by atoms with E-state index in [1.165, 1.54) is 0 Å². The van der Waals surface area contributed by atoms with E-state index in [9.17, 15) is 6.14 Å². The molecule has 0 spiro atoms. The molecule has 0 unspecified atom stereocenters. The molecule has 0 aromatic carbocycles. The molecule has 34 valence electrons. The second kappa shape index (κ2) is 22.8. The van der Waals surface area contributed by atoms with Crippen LogP contribution in [0.1, 0.15) is 0 Å². The Morgan fingerprint density at radius 1 is 1.43 bits per heavy atom. The van der Waals surface area contributed by atoms with Gasteiger partial charge in [-0.15, -0.1) is 0 Å². The van der Waals surface area contributed by atoms with E-state index in [0.29, 0.717) is 24.7 Å². The topological polar surface area (TPSA) is 51.2 Å². The van der Waals surface area contributed by atoms with E-state index in [0.717, 1.165) is 0 Å². The molecule has 0 atom stereocenters. The van der Waals surface area contributed by atoms with Gasteiger partial charge in [0, 0.05) is 0 Å². The van der Waals surface area contributed by atoms with E-state index in [-0.39, 0.29) is 45.5 Å². The van der Waals surface area contributed by atoms with Crippen LogP contribution in [0.5, 0.6) is 0 Å². The second-order valence-electron chi connectivity index (χ2n) is 0.204. The molecule has 0 radical (unpaired) electrons. The molecule has 0 aromatic rings. The van der Waals surface area contributed by atoms with Gasteiger partial charge in [0.25, 0.3) is 0 Å². The summed E-state index contributed by atoms with van der Waals surface area (Å²) in [6, 6.07) is 0. The van der Waals surface area contributed by atoms with Crippen molar-refractivity contribution >= 4 is 45.5 Å². The van der Waals surface area contributed by atoms with Crippen LogP contribution >= 0.6 is 0 Å². The summed E-state index contributed by atoms with van der Waals surface area (Å²) in [5.41, 5.74) is 0. The van der Waals surface area contributed by atoms with Gasteiger partial charge in [-0.2, -0.15) is 0 Å². The standard InChI is InChI=1S/3O.Sr.Ti.2Zr.2H. The molecule has 7 heavy (non-hydrogen) atoms. The maximum atomic E-state index is 9.21. The summed E-state index contributed by atoms with van der Waals surface area (Å²) in [6.07, 6.45) is 0. The Morgan fingerprint density at radius 3 is 1.57 bits per heavy atom. The maximum absolute atomic E-state index is 9.21. The minimum atomic E-state index is -1.46. The summed E-state index contributed by atoms with van der Waals surface area (Å²) >= 11 is -2.28. The Labute approximate surface area is 110 Å². The van der Waals surface area contributed by atoms with Gasteiger partial charge >= 0.3 is 114 Å². The molecule has 0 amide bonds. The van der Waals surface area contributed by atoms with Gasteiger partial charge in [0.1, 0.15) is 0 Å². The molecule has 3 nitrogen and oxygen atoms in total. The van der Waals surface area contributed by atoms with Gasteiger partial charge in [-0.25, -0.2) is 0 Å². The quantitative estimate of drug-likeness (QED) is 0.542. The van der Waals surface area contributed by atoms with Crippen LogP contribution in [-0.2, 0) is 68.2 Å². The average Bonchev–Trinajstić information content (AvgIpc) is 1.72. The van der Waals surface area contributed by atoms with Crippen LogP contribution < -0.4 is 0 Å². The second-order valence-corrected chi connectivity index (χ2v) is 4.98. The summed E-state index contributed by atoms with van der Waals surface area (Å²) in [7, 11) is 0. The van der Waals surface area contributed by atoms with Gasteiger partial charge in [0.2, 0.25) is 0 Å². The van der Waals surface area contributed by atoms with Crippen LogP contribution in [-0.4, -0.2) is 45.5 Å². The Hall–Kier alpha value is 3.36. The summed E-state index contributed by atoms with van der Waals surface area (Å²) in [6.45, 7) is 0. The van der Waals surface area contributed by atoms with E-state index < -0.39 is 34.5 Å². The molecule has 0 aliphatic heterocycles. The van der Waals surface area contributed by atoms with Crippen molar-refractivity contribution in [1.29, 1.82) is 0 Å². The monoisotopic (exact) mass is 366 g/mol. The van der Waals surface area contributed by atoms with Crippen molar-refractivity contribution in [1.82, 2.24) is 0 Å². The third-order valence-corrected chi connectivity index (χ3v) is 1.02. The third kappa shape index (κ3) is 26.7. The SMILES string of the molecule is [O]=[Ti][Zr]=[O].[O]=[Zr].[SrH2]. The Bertz CT molecular complexity index is 42.2. The van der Waals surface area contributed by atoms with Gasteiger partial charge in [0.15, 0.2) is 0 Å². The molecule has 0 saturated carbocycles. The molecular formula is H2O3SrTiZr2. The molecule has 0 saturated heterocycles. The van der Waals surface area contributed by atoms with Crippen LogP contribution in [0.15, 0.2) is 0 Å². The molecule has 7 heteroatoms. The summed E-state index contributed by atoms with van der Waals surface area (Å²) in [4.78, 5) is 0. The van der Waals surface area contributed by atoms with E-state index in [1.807, 2.05) is 0 Å². The summed E-state index contributed by atoms with van der Waals surface area (Å²) < 4.78 is 26.7. The van der Waals surface area contributed by atoms with Crippen molar-refractivity contribution in [2.45, 2.75) is 0 Å². The fourth-order valence-electron chi connectivity index (χ4n) is 0. The van der Waals surface area contributed by atoms with Crippen LogP contribution in [0.3, 0.4) is 0 Å². The summed E-state index contributed by atoms with van der Waals surface area (Å²) in [5, 5.41) is 0. The molecule has 0 rings (SSSR count). The molecule has 0 heterocycles. The van der Waals surface area contributed by atoms with Crippen molar-refractivity contribution in [2.75, 3.05) is 0 Å². The Balaban J connectivity index is -0.0000000480. The molecule has 0 bridgehead atoms. The van der Waals surface area contributed by atoms with Crippen LogP contribution in [0, 0.1) is 0 Å². The van der Waals surface area contributed by atoms with Crippen molar-refractivity contribution in [2.24, 2.45) is 0 Å². The Morgan fingerprint density at radius 2 is 1.57 bits per heavy atom. The first-order chi connectivity index (χ1) is 2.91. The van der Waals surface area contributed by atoms with E-state index in [4.69, 9.17) is 2.81 Å². The average molecular weight is 368 g/mol. The predicted octanol–water partition coefficient (Wildman–Crippen LogP) is -1.28. The van der Waals surface area contributed by atoms with Crippen molar-refractivity contribution in [3.05, 3.63) is 0 Å². The van der Waals surface area contributed by atoms with Gasteiger partial charge in [-0.1, -0.05) is 0 Å². The number of hydrogen-bond acceptors (Lipinski definition) is 3. The molecule has 0 aliphatic rings. The van der Waals surface area contributed by atoms with Crippen LogP contribution in [0.25, 0.3) is 0 Å². The minimum absolute atomic E-state index is 0. The zero-order valence-electron chi connectivity index (χ0n) is 2.72.